The van der Waals surface area contributed by atoms with E-state index in [1.54, 1.807) is 0 Å². The molecule has 2 heterocycles. The van der Waals surface area contributed by atoms with Crippen LogP contribution in [0.1, 0.15) is 19.4 Å². The molecule has 0 saturated heterocycles. The summed E-state index contributed by atoms with van der Waals surface area (Å²) in [5.74, 6) is 1.70. The molecule has 0 radical (unpaired) electrons. The van der Waals surface area contributed by atoms with Crippen LogP contribution >= 0.6 is 0 Å². The topological polar surface area (TPSA) is 34.1 Å². The van der Waals surface area contributed by atoms with E-state index >= 15 is 0 Å². The number of hydrogen-bond donors (Lipinski definition) is 1. The average molecular weight is 178 g/mol. The van der Waals surface area contributed by atoms with Gasteiger partial charge in [-0.3, -0.25) is 0 Å². The molecule has 70 valence electrons. The zero-order chi connectivity index (χ0) is 9.26. The fourth-order valence-electron chi connectivity index (χ4n) is 1.45. The summed E-state index contributed by atoms with van der Waals surface area (Å²) in [5.41, 5.74) is 1.29. The second-order valence-corrected chi connectivity index (χ2v) is 3.50. The third-order valence-corrected chi connectivity index (χ3v) is 2.00. The zero-order valence-electron chi connectivity index (χ0n) is 8.00. The summed E-state index contributed by atoms with van der Waals surface area (Å²) in [5, 5.41) is 3.22. The highest BCUT2D eigenvalue weighted by molar-refractivity contribution is 5.50. The Morgan fingerprint density at radius 3 is 3.08 bits per heavy atom. The first-order valence-corrected chi connectivity index (χ1v) is 4.66. The van der Waals surface area contributed by atoms with Gasteiger partial charge >= 0.3 is 0 Å². The van der Waals surface area contributed by atoms with Gasteiger partial charge in [0.25, 0.3) is 0 Å². The maximum atomic E-state index is 5.49. The molecule has 0 aliphatic carbocycles. The Morgan fingerprint density at radius 1 is 1.46 bits per heavy atom. The van der Waals surface area contributed by atoms with Gasteiger partial charge in [-0.25, -0.2) is 0 Å². The van der Waals surface area contributed by atoms with Gasteiger partial charge < -0.3 is 10.1 Å². The van der Waals surface area contributed by atoms with Gasteiger partial charge in [-0.15, -0.1) is 0 Å². The molecule has 2 rings (SSSR count). The molecule has 0 unspecified atom stereocenters. The lowest BCUT2D eigenvalue weighted by Crippen LogP contribution is -2.07. The number of anilines is 1. The van der Waals surface area contributed by atoms with E-state index in [1.165, 1.54) is 5.56 Å². The van der Waals surface area contributed by atoms with Crippen molar-refractivity contribution in [1.29, 1.82) is 0 Å². The molecule has 3 heteroatoms. The van der Waals surface area contributed by atoms with Gasteiger partial charge in [0.2, 0.25) is 5.88 Å². The van der Waals surface area contributed by atoms with Gasteiger partial charge in [-0.2, -0.15) is 4.98 Å². The van der Waals surface area contributed by atoms with Crippen molar-refractivity contribution < 1.29 is 4.74 Å². The third kappa shape index (κ3) is 1.74. The largest absolute Gasteiger partial charge is 0.475 e. The van der Waals surface area contributed by atoms with Gasteiger partial charge in [-0.1, -0.05) is 0 Å². The monoisotopic (exact) mass is 178 g/mol. The van der Waals surface area contributed by atoms with E-state index < -0.39 is 0 Å². The summed E-state index contributed by atoms with van der Waals surface area (Å²) >= 11 is 0. The van der Waals surface area contributed by atoms with Crippen LogP contribution in [-0.4, -0.2) is 17.6 Å². The number of ether oxygens (including phenoxy) is 1. The SMILES string of the molecule is CC(C)Oc1ccc2c(n1)NCC2. The van der Waals surface area contributed by atoms with Crippen molar-refractivity contribution in [1.82, 2.24) is 4.98 Å². The molecule has 1 N–H and O–H groups in total. The number of fused-ring (bicyclic) bond motifs is 1. The summed E-state index contributed by atoms with van der Waals surface area (Å²) in [7, 11) is 0. The van der Waals surface area contributed by atoms with Crippen LogP contribution in [0.5, 0.6) is 5.88 Å². The lowest BCUT2D eigenvalue weighted by Gasteiger charge is -2.09. The van der Waals surface area contributed by atoms with E-state index in [9.17, 15) is 0 Å². The van der Waals surface area contributed by atoms with Crippen LogP contribution in [0.3, 0.4) is 0 Å². The average Bonchev–Trinajstić information content (AvgIpc) is 2.49. The molecule has 0 aromatic carbocycles. The van der Waals surface area contributed by atoms with Crippen LogP contribution in [0, 0.1) is 0 Å². The van der Waals surface area contributed by atoms with Gasteiger partial charge in [-0.05, 0) is 31.9 Å². The minimum atomic E-state index is 0.187. The van der Waals surface area contributed by atoms with Crippen LogP contribution in [0.2, 0.25) is 0 Å². The first-order chi connectivity index (χ1) is 6.25. The number of nitrogens with zero attached hydrogens (tertiary/aromatic N) is 1. The van der Waals surface area contributed by atoms with Crippen molar-refractivity contribution in [2.45, 2.75) is 26.4 Å². The second-order valence-electron chi connectivity index (χ2n) is 3.50. The minimum Gasteiger partial charge on any atom is -0.475 e. The first kappa shape index (κ1) is 8.35. The number of pyridine rings is 1. The Labute approximate surface area is 78.1 Å². The predicted octanol–water partition coefficient (Wildman–Crippen LogP) is 1.84. The van der Waals surface area contributed by atoms with E-state index in [2.05, 4.69) is 16.4 Å². The van der Waals surface area contributed by atoms with E-state index in [0.717, 1.165) is 18.8 Å². The van der Waals surface area contributed by atoms with Gasteiger partial charge in [0, 0.05) is 12.6 Å². The molecule has 0 fully saturated rings. The predicted molar refractivity (Wildman–Crippen MR) is 52.2 cm³/mol. The van der Waals surface area contributed by atoms with Crippen molar-refractivity contribution in [3.8, 4) is 5.88 Å². The fraction of sp³-hybridized carbons (Fsp3) is 0.500. The highest BCUT2D eigenvalue weighted by Gasteiger charge is 2.12. The summed E-state index contributed by atoms with van der Waals surface area (Å²) < 4.78 is 5.49. The van der Waals surface area contributed by atoms with Crippen LogP contribution in [0.25, 0.3) is 0 Å². The van der Waals surface area contributed by atoms with E-state index in [-0.39, 0.29) is 6.10 Å². The summed E-state index contributed by atoms with van der Waals surface area (Å²) in [6.07, 6.45) is 1.26. The summed E-state index contributed by atoms with van der Waals surface area (Å²) in [6.45, 7) is 5.00. The van der Waals surface area contributed by atoms with Crippen LogP contribution < -0.4 is 10.1 Å². The van der Waals surface area contributed by atoms with E-state index in [4.69, 9.17) is 4.74 Å². The zero-order valence-corrected chi connectivity index (χ0v) is 8.00. The molecule has 0 amide bonds. The molecule has 1 aliphatic rings. The molecule has 0 atom stereocenters. The number of nitrogens with one attached hydrogen (secondary N) is 1. The second kappa shape index (κ2) is 3.24. The molecule has 3 nitrogen and oxygen atoms in total. The quantitative estimate of drug-likeness (QED) is 0.750. The normalized spacial score (nSPS) is 14.1. The van der Waals surface area contributed by atoms with Gasteiger partial charge in [0.05, 0.1) is 6.10 Å². The number of hydrogen-bond acceptors (Lipinski definition) is 3. The molecule has 1 aromatic rings. The molecule has 0 saturated carbocycles. The highest BCUT2D eigenvalue weighted by Crippen LogP contribution is 2.22. The van der Waals surface area contributed by atoms with Crippen molar-refractivity contribution in [3.05, 3.63) is 17.7 Å². The smallest absolute Gasteiger partial charge is 0.215 e. The minimum absolute atomic E-state index is 0.187. The Kier molecular flexibility index (Phi) is 2.08. The lowest BCUT2D eigenvalue weighted by molar-refractivity contribution is 0.233. The number of rotatable bonds is 2. The molecule has 1 aliphatic heterocycles. The third-order valence-electron chi connectivity index (χ3n) is 2.00. The van der Waals surface area contributed by atoms with Crippen molar-refractivity contribution in [2.75, 3.05) is 11.9 Å². The van der Waals surface area contributed by atoms with Gasteiger partial charge in [0.15, 0.2) is 0 Å². The summed E-state index contributed by atoms with van der Waals surface area (Å²) in [4.78, 5) is 4.36. The molecule has 1 aromatic heterocycles. The lowest BCUT2D eigenvalue weighted by atomic mass is 10.2. The molecule has 0 bridgehead atoms. The van der Waals surface area contributed by atoms with Crippen LogP contribution in [-0.2, 0) is 6.42 Å². The van der Waals surface area contributed by atoms with Crippen LogP contribution in [0.15, 0.2) is 12.1 Å². The van der Waals surface area contributed by atoms with Crippen molar-refractivity contribution in [2.24, 2.45) is 0 Å². The fourth-order valence-corrected chi connectivity index (χ4v) is 1.45. The standard InChI is InChI=1S/C10H14N2O/c1-7(2)13-9-4-3-8-5-6-11-10(8)12-9/h3-4,7H,5-6H2,1-2H3,(H,11,12). The Hall–Kier alpha value is -1.25. The van der Waals surface area contributed by atoms with Crippen LogP contribution in [0.4, 0.5) is 5.82 Å². The Morgan fingerprint density at radius 2 is 2.31 bits per heavy atom. The van der Waals surface area contributed by atoms with Crippen molar-refractivity contribution >= 4 is 5.82 Å². The number of aromatic nitrogens is 1. The van der Waals surface area contributed by atoms with E-state index in [0.29, 0.717) is 5.88 Å². The Bertz CT molecular complexity index is 310. The molecule has 13 heavy (non-hydrogen) atoms. The molecular weight excluding hydrogens is 164 g/mol. The van der Waals surface area contributed by atoms with Crippen molar-refractivity contribution in [3.63, 3.8) is 0 Å². The first-order valence-electron chi connectivity index (χ1n) is 4.66. The van der Waals surface area contributed by atoms with E-state index in [1.807, 2.05) is 19.9 Å². The van der Waals surface area contributed by atoms with Gasteiger partial charge in [0.1, 0.15) is 5.82 Å². The molecule has 0 spiro atoms. The molecular formula is C10H14N2O. The highest BCUT2D eigenvalue weighted by atomic mass is 16.5. The Balaban J connectivity index is 2.21. The maximum absolute atomic E-state index is 5.49. The maximum Gasteiger partial charge on any atom is 0.215 e. The summed E-state index contributed by atoms with van der Waals surface area (Å²) in [6, 6.07) is 4.02.